The van der Waals surface area contributed by atoms with Gasteiger partial charge in [-0.3, -0.25) is 9.59 Å². The zero-order valence-electron chi connectivity index (χ0n) is 24.4. The van der Waals surface area contributed by atoms with Gasteiger partial charge in [0.1, 0.15) is 11.8 Å². The van der Waals surface area contributed by atoms with Crippen LogP contribution >= 0.6 is 11.6 Å². The number of rotatable bonds is 13. The maximum Gasteiger partial charge on any atom is 0.243 e. The Labute approximate surface area is 263 Å². The zero-order valence-corrected chi connectivity index (χ0v) is 26.0. The van der Waals surface area contributed by atoms with E-state index >= 15 is 0 Å². The van der Waals surface area contributed by atoms with Crippen molar-refractivity contribution in [3.8, 4) is 0 Å². The molecule has 0 radical (unpaired) electrons. The van der Waals surface area contributed by atoms with E-state index in [0.29, 0.717) is 36.7 Å². The van der Waals surface area contributed by atoms with Crippen molar-refractivity contribution >= 4 is 33.4 Å². The molecule has 1 saturated heterocycles. The number of amides is 2. The lowest BCUT2D eigenvalue weighted by atomic mass is 10.0. The summed E-state index contributed by atoms with van der Waals surface area (Å²) in [6.45, 7) is 1.50. The molecule has 4 aromatic rings. The lowest BCUT2D eigenvalue weighted by Crippen LogP contribution is -2.50. The lowest BCUT2D eigenvalue weighted by Gasteiger charge is -2.31. The van der Waals surface area contributed by atoms with Crippen LogP contribution in [0.3, 0.4) is 0 Å². The minimum Gasteiger partial charge on any atom is -0.467 e. The molecular formula is C34H36ClN3O5S. The third kappa shape index (κ3) is 8.16. The first-order valence-corrected chi connectivity index (χ1v) is 16.6. The van der Waals surface area contributed by atoms with E-state index in [4.69, 9.17) is 16.0 Å². The van der Waals surface area contributed by atoms with E-state index in [0.717, 1.165) is 29.5 Å². The molecular weight excluding hydrogens is 598 g/mol. The Morgan fingerprint density at radius 3 is 2.20 bits per heavy atom. The molecule has 0 bridgehead atoms. The van der Waals surface area contributed by atoms with Crippen molar-refractivity contribution in [2.75, 3.05) is 13.1 Å². The molecule has 8 nitrogen and oxygen atoms in total. The standard InChI is InChI=1S/C34H36ClN3O5S/c35-29-15-10-28(11-16-29)25-38(32(23-27-7-2-1-3-8-27)34(40)36-24-30-9-6-22-43-30)33(39)19-14-26-12-17-31(18-13-26)44(41,42)37-20-4-5-21-37/h1-3,6-13,15-18,22,32H,4-5,14,19-21,23-25H2,(H,36,40)/t32-/m0/s1. The Balaban J connectivity index is 1.35. The molecule has 0 saturated carbocycles. The number of furan rings is 1. The minimum absolute atomic E-state index is 0.141. The quantitative estimate of drug-likeness (QED) is 0.206. The maximum atomic E-state index is 14.0. The average molecular weight is 634 g/mol. The topological polar surface area (TPSA) is 99.9 Å². The fraction of sp³-hybridized carbons (Fsp3) is 0.294. The Hall–Kier alpha value is -3.92. The molecule has 1 aliphatic rings. The highest BCUT2D eigenvalue weighted by Crippen LogP contribution is 2.22. The normalized spacial score (nSPS) is 14.3. The number of nitrogens with zero attached hydrogens (tertiary/aromatic N) is 2. The van der Waals surface area contributed by atoms with Gasteiger partial charge in [0.2, 0.25) is 21.8 Å². The Bertz CT molecular complexity index is 1620. The molecule has 10 heteroatoms. The molecule has 1 aromatic heterocycles. The molecule has 0 unspecified atom stereocenters. The van der Waals surface area contributed by atoms with Crippen LogP contribution in [0.4, 0.5) is 0 Å². The predicted octanol–water partition coefficient (Wildman–Crippen LogP) is 5.61. The predicted molar refractivity (Wildman–Crippen MR) is 169 cm³/mol. The monoisotopic (exact) mass is 633 g/mol. The molecule has 0 aliphatic carbocycles. The summed E-state index contributed by atoms with van der Waals surface area (Å²) >= 11 is 6.12. The lowest BCUT2D eigenvalue weighted by molar-refractivity contribution is -0.141. The van der Waals surface area contributed by atoms with E-state index in [1.807, 2.05) is 42.5 Å². The summed E-state index contributed by atoms with van der Waals surface area (Å²) in [4.78, 5) is 29.6. The number of carbonyl (C=O) groups is 2. The first-order chi connectivity index (χ1) is 21.3. The van der Waals surface area contributed by atoms with Gasteiger partial charge in [-0.1, -0.05) is 66.2 Å². The largest absolute Gasteiger partial charge is 0.467 e. The number of aryl methyl sites for hydroxylation is 1. The highest BCUT2D eigenvalue weighted by atomic mass is 35.5. The highest BCUT2D eigenvalue weighted by molar-refractivity contribution is 7.89. The highest BCUT2D eigenvalue weighted by Gasteiger charge is 2.31. The molecule has 5 rings (SSSR count). The molecule has 2 amide bonds. The van der Waals surface area contributed by atoms with Gasteiger partial charge in [-0.05, 0) is 72.4 Å². The summed E-state index contributed by atoms with van der Waals surface area (Å²) in [5.41, 5.74) is 2.61. The van der Waals surface area contributed by atoms with Gasteiger partial charge in [0.05, 0.1) is 17.7 Å². The Morgan fingerprint density at radius 1 is 0.864 bits per heavy atom. The SMILES string of the molecule is O=C(NCc1ccco1)[C@H](Cc1ccccc1)N(Cc1ccc(Cl)cc1)C(=O)CCc1ccc(S(=O)(=O)N2CCCC2)cc1. The second-order valence-corrected chi connectivity index (χ2v) is 13.3. The maximum absolute atomic E-state index is 14.0. The van der Waals surface area contributed by atoms with Crippen molar-refractivity contribution in [3.63, 3.8) is 0 Å². The Morgan fingerprint density at radius 2 is 1.55 bits per heavy atom. The van der Waals surface area contributed by atoms with Gasteiger partial charge < -0.3 is 14.6 Å². The number of hydrogen-bond donors (Lipinski definition) is 1. The van der Waals surface area contributed by atoms with Crippen LogP contribution in [0.5, 0.6) is 0 Å². The fourth-order valence-corrected chi connectivity index (χ4v) is 6.99. The van der Waals surface area contributed by atoms with Crippen LogP contribution in [-0.4, -0.2) is 48.6 Å². The van der Waals surface area contributed by atoms with Crippen molar-refractivity contribution in [3.05, 3.63) is 125 Å². The molecule has 1 atom stereocenters. The molecule has 0 spiro atoms. The van der Waals surface area contributed by atoms with Crippen LogP contribution in [0.25, 0.3) is 0 Å². The number of halogens is 1. The molecule has 2 heterocycles. The number of nitrogens with one attached hydrogen (secondary N) is 1. The van der Waals surface area contributed by atoms with Crippen molar-refractivity contribution in [2.45, 2.75) is 56.1 Å². The van der Waals surface area contributed by atoms with Crippen molar-refractivity contribution < 1.29 is 22.4 Å². The van der Waals surface area contributed by atoms with Gasteiger partial charge in [0, 0.05) is 37.5 Å². The average Bonchev–Trinajstić information content (AvgIpc) is 3.78. The number of sulfonamides is 1. The number of hydrogen-bond acceptors (Lipinski definition) is 5. The molecule has 44 heavy (non-hydrogen) atoms. The second-order valence-electron chi connectivity index (χ2n) is 10.9. The van der Waals surface area contributed by atoms with Crippen LogP contribution in [0.1, 0.15) is 41.7 Å². The number of carbonyl (C=O) groups excluding carboxylic acids is 2. The van der Waals surface area contributed by atoms with Crippen LogP contribution in [0.2, 0.25) is 5.02 Å². The van der Waals surface area contributed by atoms with Gasteiger partial charge in [-0.15, -0.1) is 0 Å². The van der Waals surface area contributed by atoms with Gasteiger partial charge in [-0.2, -0.15) is 4.31 Å². The summed E-state index contributed by atoms with van der Waals surface area (Å²) in [7, 11) is -3.51. The fourth-order valence-electron chi connectivity index (χ4n) is 5.35. The van der Waals surface area contributed by atoms with Crippen LogP contribution < -0.4 is 5.32 Å². The van der Waals surface area contributed by atoms with E-state index < -0.39 is 16.1 Å². The van der Waals surface area contributed by atoms with E-state index in [1.54, 1.807) is 59.7 Å². The smallest absolute Gasteiger partial charge is 0.243 e. The van der Waals surface area contributed by atoms with Gasteiger partial charge in [0.15, 0.2) is 0 Å². The van der Waals surface area contributed by atoms with Crippen molar-refractivity contribution in [1.82, 2.24) is 14.5 Å². The molecule has 1 aliphatic heterocycles. The van der Waals surface area contributed by atoms with E-state index in [1.165, 1.54) is 4.31 Å². The first kappa shape index (κ1) is 31.5. The summed E-state index contributed by atoms with van der Waals surface area (Å²) in [6, 6.07) is 26.3. The van der Waals surface area contributed by atoms with Gasteiger partial charge >= 0.3 is 0 Å². The van der Waals surface area contributed by atoms with E-state index in [9.17, 15) is 18.0 Å². The van der Waals surface area contributed by atoms with Crippen LogP contribution in [-0.2, 0) is 45.5 Å². The molecule has 1 N–H and O–H groups in total. The molecule has 3 aromatic carbocycles. The molecule has 1 fully saturated rings. The van der Waals surface area contributed by atoms with Crippen molar-refractivity contribution in [1.29, 1.82) is 0 Å². The van der Waals surface area contributed by atoms with Gasteiger partial charge in [0.25, 0.3) is 0 Å². The van der Waals surface area contributed by atoms with Crippen LogP contribution in [0, 0.1) is 0 Å². The zero-order chi connectivity index (χ0) is 30.9. The summed E-state index contributed by atoms with van der Waals surface area (Å²) in [6.07, 6.45) is 4.16. The minimum atomic E-state index is -3.51. The second kappa shape index (κ2) is 14.7. The number of benzene rings is 3. The summed E-state index contributed by atoms with van der Waals surface area (Å²) < 4.78 is 32.8. The van der Waals surface area contributed by atoms with Crippen LogP contribution in [0.15, 0.2) is 107 Å². The first-order valence-electron chi connectivity index (χ1n) is 14.8. The summed E-state index contributed by atoms with van der Waals surface area (Å²) in [5.74, 6) is 0.134. The third-order valence-electron chi connectivity index (χ3n) is 7.81. The van der Waals surface area contributed by atoms with Gasteiger partial charge in [-0.25, -0.2) is 8.42 Å². The third-order valence-corrected chi connectivity index (χ3v) is 9.97. The summed E-state index contributed by atoms with van der Waals surface area (Å²) in [5, 5.41) is 3.53. The van der Waals surface area contributed by atoms with E-state index in [-0.39, 0.29) is 36.2 Å². The Kier molecular flexibility index (Phi) is 10.5. The van der Waals surface area contributed by atoms with E-state index in [2.05, 4.69) is 5.32 Å². The molecule has 230 valence electrons. The van der Waals surface area contributed by atoms with Crippen molar-refractivity contribution in [2.24, 2.45) is 0 Å².